The van der Waals surface area contributed by atoms with Crippen molar-refractivity contribution in [3.8, 4) is 0 Å². The van der Waals surface area contributed by atoms with Crippen LogP contribution in [0.15, 0.2) is 60.2 Å². The first-order valence-electron chi connectivity index (χ1n) is 13.5. The number of hydrogen-bond donors (Lipinski definition) is 0. The second-order valence-electron chi connectivity index (χ2n) is 12.0. The van der Waals surface area contributed by atoms with Crippen LogP contribution in [0.5, 0.6) is 0 Å². The van der Waals surface area contributed by atoms with E-state index in [1.54, 1.807) is 16.7 Å². The molecule has 0 heterocycles. The Morgan fingerprint density at radius 2 is 1.44 bits per heavy atom. The number of allylic oxidation sites excluding steroid dienone is 4. The van der Waals surface area contributed by atoms with E-state index in [0.29, 0.717) is 0 Å². The largest absolute Gasteiger partial charge is 0.0617 e. The molecule has 0 spiro atoms. The molecule has 0 unspecified atom stereocenters. The van der Waals surface area contributed by atoms with Crippen LogP contribution in [-0.4, -0.2) is 0 Å². The lowest BCUT2D eigenvalue weighted by molar-refractivity contribution is 0.590. The Morgan fingerprint density at radius 1 is 0.735 bits per heavy atom. The number of hydrogen-bond acceptors (Lipinski definition) is 0. The highest BCUT2D eigenvalue weighted by Crippen LogP contribution is 2.46. The maximum absolute atomic E-state index is 2.53. The van der Waals surface area contributed by atoms with Crippen molar-refractivity contribution in [2.24, 2.45) is 0 Å². The molecule has 0 N–H and O–H groups in total. The van der Waals surface area contributed by atoms with Gasteiger partial charge >= 0.3 is 0 Å². The smallest absolute Gasteiger partial charge is 0.0132 e. The summed E-state index contributed by atoms with van der Waals surface area (Å²) < 4.78 is 0. The van der Waals surface area contributed by atoms with Gasteiger partial charge in [-0.15, -0.1) is 0 Å². The molecule has 0 nitrogen and oxygen atoms in total. The van der Waals surface area contributed by atoms with Crippen molar-refractivity contribution >= 4 is 21.9 Å². The molecule has 0 heteroatoms. The van der Waals surface area contributed by atoms with Crippen molar-refractivity contribution in [3.05, 3.63) is 93.6 Å². The van der Waals surface area contributed by atoms with Crippen LogP contribution in [-0.2, 0) is 11.8 Å². The molecule has 34 heavy (non-hydrogen) atoms. The van der Waals surface area contributed by atoms with Gasteiger partial charge < -0.3 is 0 Å². The van der Waals surface area contributed by atoms with Crippen molar-refractivity contribution in [3.63, 3.8) is 0 Å². The molecule has 3 aliphatic rings. The van der Waals surface area contributed by atoms with Gasteiger partial charge in [0.15, 0.2) is 0 Å². The van der Waals surface area contributed by atoms with Gasteiger partial charge in [-0.2, -0.15) is 0 Å². The lowest BCUT2D eigenvalue weighted by Gasteiger charge is -2.29. The zero-order chi connectivity index (χ0) is 23.4. The predicted octanol–water partition coefficient (Wildman–Crippen LogP) is 9.68. The molecule has 3 aliphatic carbocycles. The van der Waals surface area contributed by atoms with E-state index in [2.05, 4.69) is 82.3 Å². The SMILES string of the molecule is Cc1ccc2c3c(ccc2c1C1CCCC1)C1=C(CCC(c2ccc(C(C)(C)C)cc2)=C1)CC3. The van der Waals surface area contributed by atoms with E-state index in [9.17, 15) is 0 Å². The summed E-state index contributed by atoms with van der Waals surface area (Å²) in [6.45, 7) is 9.21. The Hall–Kier alpha value is -2.60. The van der Waals surface area contributed by atoms with Gasteiger partial charge in [0, 0.05) is 0 Å². The van der Waals surface area contributed by atoms with Gasteiger partial charge in [-0.3, -0.25) is 0 Å². The predicted molar refractivity (Wildman–Crippen MR) is 147 cm³/mol. The fourth-order valence-corrected chi connectivity index (χ4v) is 6.86. The summed E-state index contributed by atoms with van der Waals surface area (Å²) in [5, 5.41) is 3.05. The molecule has 0 radical (unpaired) electrons. The summed E-state index contributed by atoms with van der Waals surface area (Å²) in [5.74, 6) is 0.761. The van der Waals surface area contributed by atoms with Gasteiger partial charge in [-0.05, 0) is 112 Å². The summed E-state index contributed by atoms with van der Waals surface area (Å²) in [4.78, 5) is 0. The van der Waals surface area contributed by atoms with E-state index in [1.165, 1.54) is 95.5 Å². The molecular formula is C34H38. The molecule has 3 aromatic carbocycles. The Balaban J connectivity index is 1.42. The average Bonchev–Trinajstić information content (AvgIpc) is 3.37. The van der Waals surface area contributed by atoms with Crippen molar-refractivity contribution < 1.29 is 0 Å². The third-order valence-electron chi connectivity index (χ3n) is 8.82. The Bertz CT molecular complexity index is 1320. The maximum Gasteiger partial charge on any atom is -0.0132 e. The third-order valence-corrected chi connectivity index (χ3v) is 8.82. The zero-order valence-electron chi connectivity index (χ0n) is 21.4. The maximum atomic E-state index is 2.53. The molecule has 174 valence electrons. The molecule has 0 amide bonds. The molecule has 0 saturated heterocycles. The van der Waals surface area contributed by atoms with Gasteiger partial charge in [0.05, 0.1) is 0 Å². The minimum absolute atomic E-state index is 0.203. The lowest BCUT2D eigenvalue weighted by Crippen LogP contribution is -2.11. The van der Waals surface area contributed by atoms with Crippen LogP contribution in [0.1, 0.15) is 105 Å². The zero-order valence-corrected chi connectivity index (χ0v) is 21.4. The van der Waals surface area contributed by atoms with E-state index in [1.807, 2.05) is 0 Å². The van der Waals surface area contributed by atoms with E-state index >= 15 is 0 Å². The minimum atomic E-state index is 0.203. The van der Waals surface area contributed by atoms with Crippen LogP contribution >= 0.6 is 0 Å². The molecule has 0 bridgehead atoms. The first kappa shape index (κ1) is 21.9. The highest BCUT2D eigenvalue weighted by atomic mass is 14.3. The van der Waals surface area contributed by atoms with Crippen molar-refractivity contribution in [2.75, 3.05) is 0 Å². The molecule has 0 atom stereocenters. The fraction of sp³-hybridized carbons (Fsp3) is 0.412. The first-order valence-corrected chi connectivity index (χ1v) is 13.5. The summed E-state index contributed by atoms with van der Waals surface area (Å²) in [5.41, 5.74) is 13.9. The minimum Gasteiger partial charge on any atom is -0.0617 e. The van der Waals surface area contributed by atoms with Crippen LogP contribution in [0.3, 0.4) is 0 Å². The van der Waals surface area contributed by atoms with Gasteiger partial charge in [0.1, 0.15) is 0 Å². The molecule has 3 aromatic rings. The van der Waals surface area contributed by atoms with Crippen molar-refractivity contribution in [2.45, 2.75) is 90.4 Å². The number of rotatable bonds is 2. The number of benzene rings is 3. The second-order valence-corrected chi connectivity index (χ2v) is 12.0. The Kier molecular flexibility index (Phi) is 5.32. The molecule has 0 aliphatic heterocycles. The van der Waals surface area contributed by atoms with Gasteiger partial charge in [-0.25, -0.2) is 0 Å². The summed E-state index contributed by atoms with van der Waals surface area (Å²) in [6, 6.07) is 19.1. The summed E-state index contributed by atoms with van der Waals surface area (Å²) in [6.07, 6.45) is 12.9. The lowest BCUT2D eigenvalue weighted by atomic mass is 9.76. The normalized spacial score (nSPS) is 18.8. The molecule has 1 fully saturated rings. The fourth-order valence-electron chi connectivity index (χ4n) is 6.86. The Labute approximate surface area is 205 Å². The van der Waals surface area contributed by atoms with Gasteiger partial charge in [0.25, 0.3) is 0 Å². The quantitative estimate of drug-likeness (QED) is 0.367. The monoisotopic (exact) mass is 446 g/mol. The molecule has 1 saturated carbocycles. The van der Waals surface area contributed by atoms with Crippen molar-refractivity contribution in [1.29, 1.82) is 0 Å². The van der Waals surface area contributed by atoms with E-state index in [-0.39, 0.29) is 5.41 Å². The van der Waals surface area contributed by atoms with E-state index < -0.39 is 0 Å². The highest BCUT2D eigenvalue weighted by Gasteiger charge is 2.26. The van der Waals surface area contributed by atoms with Crippen LogP contribution in [0.2, 0.25) is 0 Å². The standard InChI is InChI=1S/C34H38/c1-22-9-17-29-28-18-14-24-10-11-26(23-12-15-27(16-13-23)34(2,3)4)21-32(24)30(28)19-20-31(29)33(22)25-7-5-6-8-25/h9,12-13,15-17,19-21,25H,5-8,10-11,14,18H2,1-4H3. The number of aryl methyl sites for hydroxylation is 2. The van der Waals surface area contributed by atoms with Crippen LogP contribution in [0.4, 0.5) is 0 Å². The Morgan fingerprint density at radius 3 is 2.18 bits per heavy atom. The second kappa shape index (κ2) is 8.26. The topological polar surface area (TPSA) is 0 Å². The van der Waals surface area contributed by atoms with Gasteiger partial charge in [-0.1, -0.05) is 93.8 Å². The summed E-state index contributed by atoms with van der Waals surface area (Å²) in [7, 11) is 0. The third kappa shape index (κ3) is 3.67. The molecular weight excluding hydrogens is 408 g/mol. The first-order chi connectivity index (χ1) is 16.4. The van der Waals surface area contributed by atoms with Crippen LogP contribution in [0.25, 0.3) is 21.9 Å². The average molecular weight is 447 g/mol. The summed E-state index contributed by atoms with van der Waals surface area (Å²) >= 11 is 0. The number of fused-ring (bicyclic) bond motifs is 4. The van der Waals surface area contributed by atoms with Gasteiger partial charge in [0.2, 0.25) is 0 Å². The van der Waals surface area contributed by atoms with E-state index in [4.69, 9.17) is 0 Å². The van der Waals surface area contributed by atoms with Crippen LogP contribution < -0.4 is 0 Å². The van der Waals surface area contributed by atoms with E-state index in [0.717, 1.165) is 5.92 Å². The highest BCUT2D eigenvalue weighted by molar-refractivity contribution is 5.98. The van der Waals surface area contributed by atoms with Crippen LogP contribution in [0, 0.1) is 6.92 Å². The molecule has 0 aromatic heterocycles. The molecule has 6 rings (SSSR count). The van der Waals surface area contributed by atoms with Crippen molar-refractivity contribution in [1.82, 2.24) is 0 Å².